The molecule has 2 heterocycles. The van der Waals surface area contributed by atoms with Gasteiger partial charge >= 0.3 is 0 Å². The number of amides is 1. The average Bonchev–Trinajstić information content (AvgIpc) is 2.96. The third-order valence-corrected chi connectivity index (χ3v) is 2.08. The molecule has 0 bridgehead atoms. The molecule has 0 unspecified atom stereocenters. The number of aromatic nitrogens is 5. The first kappa shape index (κ1) is 10.3. The second kappa shape index (κ2) is 5.06. The Balaban J connectivity index is 1.69. The number of aromatic amines is 1. The predicted octanol–water partition coefficient (Wildman–Crippen LogP) is -0.292. The Hall–Kier alpha value is -2.18. The Labute approximate surface area is 91.9 Å². The van der Waals surface area contributed by atoms with E-state index in [-0.39, 0.29) is 5.91 Å². The van der Waals surface area contributed by atoms with E-state index in [1.807, 2.05) is 0 Å². The van der Waals surface area contributed by atoms with Gasteiger partial charge in [-0.05, 0) is 0 Å². The minimum atomic E-state index is -0.0169. The average molecular weight is 220 g/mol. The summed E-state index contributed by atoms with van der Waals surface area (Å²) >= 11 is 0. The van der Waals surface area contributed by atoms with E-state index < -0.39 is 0 Å². The summed E-state index contributed by atoms with van der Waals surface area (Å²) in [4.78, 5) is 11.4. The van der Waals surface area contributed by atoms with Crippen molar-refractivity contribution in [3.05, 3.63) is 30.4 Å². The summed E-state index contributed by atoms with van der Waals surface area (Å²) in [5, 5.41) is 16.7. The fraction of sp³-hybridized carbons (Fsp3) is 0.333. The highest BCUT2D eigenvalue weighted by Gasteiger charge is 2.02. The number of H-pyrrole nitrogens is 1. The lowest BCUT2D eigenvalue weighted by atomic mass is 10.3. The highest BCUT2D eigenvalue weighted by Crippen LogP contribution is 1.93. The van der Waals surface area contributed by atoms with Crippen LogP contribution in [0.5, 0.6) is 0 Å². The number of nitrogens with one attached hydrogen (secondary N) is 2. The first-order valence-electron chi connectivity index (χ1n) is 4.93. The van der Waals surface area contributed by atoms with Crippen molar-refractivity contribution < 1.29 is 4.79 Å². The van der Waals surface area contributed by atoms with E-state index in [9.17, 15) is 4.79 Å². The molecular formula is C9H12N6O. The van der Waals surface area contributed by atoms with E-state index in [1.165, 1.54) is 0 Å². The molecular weight excluding hydrogens is 208 g/mol. The summed E-state index contributed by atoms with van der Waals surface area (Å²) in [5.74, 6) is -0.0169. The second-order valence-corrected chi connectivity index (χ2v) is 3.30. The van der Waals surface area contributed by atoms with Gasteiger partial charge < -0.3 is 5.32 Å². The SMILES string of the molecule is O=C(CCn1ccnn1)NCc1cn[nH]c1. The standard InChI is InChI=1S/C9H12N6O/c16-9(1-3-15-4-2-11-14-15)10-5-8-6-12-13-7-8/h2,4,6-7H,1,3,5H2,(H,10,16)(H,12,13). The molecule has 7 heteroatoms. The molecule has 0 spiro atoms. The van der Waals surface area contributed by atoms with Crippen LogP contribution in [0.3, 0.4) is 0 Å². The first-order valence-corrected chi connectivity index (χ1v) is 4.93. The van der Waals surface area contributed by atoms with Crippen LogP contribution in [0.25, 0.3) is 0 Å². The zero-order valence-electron chi connectivity index (χ0n) is 8.63. The molecule has 2 aromatic heterocycles. The molecule has 16 heavy (non-hydrogen) atoms. The number of aryl methyl sites for hydroxylation is 1. The fourth-order valence-corrected chi connectivity index (χ4v) is 1.23. The quantitative estimate of drug-likeness (QED) is 0.724. The van der Waals surface area contributed by atoms with Crippen LogP contribution in [0, 0.1) is 0 Å². The Bertz CT molecular complexity index is 381. The lowest BCUT2D eigenvalue weighted by molar-refractivity contribution is -0.121. The molecule has 0 radical (unpaired) electrons. The fourth-order valence-electron chi connectivity index (χ4n) is 1.23. The van der Waals surface area contributed by atoms with Crippen molar-refractivity contribution in [1.29, 1.82) is 0 Å². The minimum Gasteiger partial charge on any atom is -0.352 e. The zero-order valence-corrected chi connectivity index (χ0v) is 8.63. The Morgan fingerprint density at radius 3 is 3.19 bits per heavy atom. The lowest BCUT2D eigenvalue weighted by Crippen LogP contribution is -2.23. The van der Waals surface area contributed by atoms with E-state index in [1.54, 1.807) is 29.5 Å². The molecule has 0 fully saturated rings. The number of hydrogen-bond acceptors (Lipinski definition) is 4. The van der Waals surface area contributed by atoms with Gasteiger partial charge in [-0.1, -0.05) is 5.21 Å². The molecule has 2 rings (SSSR count). The number of nitrogens with zero attached hydrogens (tertiary/aromatic N) is 4. The Morgan fingerprint density at radius 2 is 2.50 bits per heavy atom. The zero-order chi connectivity index (χ0) is 11.2. The summed E-state index contributed by atoms with van der Waals surface area (Å²) in [7, 11) is 0. The highest BCUT2D eigenvalue weighted by molar-refractivity contribution is 5.75. The van der Waals surface area contributed by atoms with Gasteiger partial charge in [0, 0.05) is 30.9 Å². The number of hydrogen-bond donors (Lipinski definition) is 2. The molecule has 84 valence electrons. The minimum absolute atomic E-state index is 0.0169. The molecule has 0 atom stereocenters. The van der Waals surface area contributed by atoms with E-state index >= 15 is 0 Å². The molecule has 0 saturated heterocycles. The van der Waals surface area contributed by atoms with Gasteiger partial charge in [-0.25, -0.2) is 0 Å². The predicted molar refractivity (Wildman–Crippen MR) is 55.1 cm³/mol. The van der Waals surface area contributed by atoms with Gasteiger partial charge in [-0.3, -0.25) is 14.6 Å². The highest BCUT2D eigenvalue weighted by atomic mass is 16.1. The third kappa shape index (κ3) is 2.91. The maximum atomic E-state index is 11.4. The van der Waals surface area contributed by atoms with Gasteiger partial charge in [0.15, 0.2) is 0 Å². The monoisotopic (exact) mass is 220 g/mol. The van der Waals surface area contributed by atoms with Crippen molar-refractivity contribution in [2.24, 2.45) is 0 Å². The molecule has 0 aliphatic carbocycles. The van der Waals surface area contributed by atoms with E-state index in [0.29, 0.717) is 19.5 Å². The smallest absolute Gasteiger partial charge is 0.222 e. The molecule has 2 N–H and O–H groups in total. The van der Waals surface area contributed by atoms with E-state index in [0.717, 1.165) is 5.56 Å². The van der Waals surface area contributed by atoms with Crippen LogP contribution in [-0.2, 0) is 17.9 Å². The third-order valence-electron chi connectivity index (χ3n) is 2.08. The summed E-state index contributed by atoms with van der Waals surface area (Å²) in [6.07, 6.45) is 7.13. The van der Waals surface area contributed by atoms with Gasteiger partial charge in [0.25, 0.3) is 0 Å². The Kier molecular flexibility index (Phi) is 3.27. The van der Waals surface area contributed by atoms with Crippen LogP contribution >= 0.6 is 0 Å². The van der Waals surface area contributed by atoms with Crippen molar-refractivity contribution in [1.82, 2.24) is 30.5 Å². The van der Waals surface area contributed by atoms with Crippen LogP contribution in [0.2, 0.25) is 0 Å². The molecule has 0 saturated carbocycles. The molecule has 0 aliphatic heterocycles. The van der Waals surface area contributed by atoms with E-state index in [4.69, 9.17) is 0 Å². The van der Waals surface area contributed by atoms with Crippen LogP contribution in [0.15, 0.2) is 24.8 Å². The summed E-state index contributed by atoms with van der Waals surface area (Å²) in [6.45, 7) is 1.03. The van der Waals surface area contributed by atoms with Crippen LogP contribution in [0.4, 0.5) is 0 Å². The van der Waals surface area contributed by atoms with E-state index in [2.05, 4.69) is 25.8 Å². The van der Waals surface area contributed by atoms with Crippen molar-refractivity contribution >= 4 is 5.91 Å². The molecule has 1 amide bonds. The van der Waals surface area contributed by atoms with Gasteiger partial charge in [0.2, 0.25) is 5.91 Å². The van der Waals surface area contributed by atoms with Gasteiger partial charge in [0.1, 0.15) is 0 Å². The van der Waals surface area contributed by atoms with Crippen LogP contribution < -0.4 is 5.32 Å². The molecule has 0 aliphatic rings. The van der Waals surface area contributed by atoms with Crippen molar-refractivity contribution in [2.45, 2.75) is 19.5 Å². The van der Waals surface area contributed by atoms with Crippen molar-refractivity contribution in [3.8, 4) is 0 Å². The van der Waals surface area contributed by atoms with Crippen molar-refractivity contribution in [2.75, 3.05) is 0 Å². The van der Waals surface area contributed by atoms with Crippen LogP contribution in [-0.4, -0.2) is 31.1 Å². The summed E-state index contributed by atoms with van der Waals surface area (Å²) < 4.78 is 1.62. The number of carbonyl (C=O) groups excluding carboxylic acids is 1. The first-order chi connectivity index (χ1) is 7.84. The van der Waals surface area contributed by atoms with Crippen LogP contribution in [0.1, 0.15) is 12.0 Å². The normalized spacial score (nSPS) is 10.2. The van der Waals surface area contributed by atoms with Gasteiger partial charge in [-0.2, -0.15) is 5.10 Å². The number of rotatable bonds is 5. The molecule has 2 aromatic rings. The summed E-state index contributed by atoms with van der Waals surface area (Å²) in [5.41, 5.74) is 0.953. The Morgan fingerprint density at radius 1 is 1.56 bits per heavy atom. The maximum absolute atomic E-state index is 11.4. The summed E-state index contributed by atoms with van der Waals surface area (Å²) in [6, 6.07) is 0. The molecule has 0 aromatic carbocycles. The second-order valence-electron chi connectivity index (χ2n) is 3.30. The largest absolute Gasteiger partial charge is 0.352 e. The topological polar surface area (TPSA) is 88.5 Å². The number of carbonyl (C=O) groups is 1. The maximum Gasteiger partial charge on any atom is 0.222 e. The lowest BCUT2D eigenvalue weighted by Gasteiger charge is -2.03. The van der Waals surface area contributed by atoms with Gasteiger partial charge in [0.05, 0.1) is 18.9 Å². The molecule has 7 nitrogen and oxygen atoms in total. The van der Waals surface area contributed by atoms with Crippen molar-refractivity contribution in [3.63, 3.8) is 0 Å². The van der Waals surface area contributed by atoms with Gasteiger partial charge in [-0.15, -0.1) is 5.10 Å².